The summed E-state index contributed by atoms with van der Waals surface area (Å²) in [5.74, 6) is 1.55. The van der Waals surface area contributed by atoms with E-state index in [9.17, 15) is 35.2 Å². The van der Waals surface area contributed by atoms with Crippen LogP contribution in [0.1, 0.15) is 107 Å². The lowest BCUT2D eigenvalue weighted by Crippen LogP contribution is -2.61. The molecule has 3 aliphatic rings. The normalized spacial score (nSPS) is 17.8. The zero-order chi connectivity index (χ0) is 53.8. The number of alkyl halides is 5. The predicted octanol–water partition coefficient (Wildman–Crippen LogP) is 8.32. The molecule has 1 aromatic carbocycles. The molecule has 20 nitrogen and oxygen atoms in total. The average Bonchev–Trinajstić information content (AvgIpc) is 4.15. The highest BCUT2D eigenvalue weighted by molar-refractivity contribution is 7.89. The summed E-state index contributed by atoms with van der Waals surface area (Å²) in [5, 5.41) is 10.3. The van der Waals surface area contributed by atoms with E-state index in [0.29, 0.717) is 90.2 Å². The quantitative estimate of drug-likeness (QED) is 0.0610. The molecule has 2 N–H and O–H groups in total. The number of imidazole rings is 2. The summed E-state index contributed by atoms with van der Waals surface area (Å²) in [5.41, 5.74) is 2.16. The number of pyridine rings is 1. The van der Waals surface area contributed by atoms with Crippen molar-refractivity contribution in [2.45, 2.75) is 120 Å². The van der Waals surface area contributed by atoms with Gasteiger partial charge in [0.25, 0.3) is 6.43 Å². The van der Waals surface area contributed by atoms with Gasteiger partial charge in [-0.05, 0) is 78.4 Å². The monoisotopic (exact) mass is 1090 g/mol. The van der Waals surface area contributed by atoms with Crippen LogP contribution in [0.5, 0.6) is 5.88 Å². The van der Waals surface area contributed by atoms with Gasteiger partial charge in [0.2, 0.25) is 21.9 Å². The summed E-state index contributed by atoms with van der Waals surface area (Å²) in [4.78, 5) is 51.1. The largest absolute Gasteiger partial charge is 0.480 e. The predicted molar refractivity (Wildman–Crippen MR) is 271 cm³/mol. The Morgan fingerprint density at radius 3 is 2.33 bits per heavy atom. The molecule has 1 aliphatic heterocycles. The number of urea groups is 1. The number of halogens is 5. The summed E-state index contributed by atoms with van der Waals surface area (Å²) >= 11 is 0.672. The van der Waals surface area contributed by atoms with Crippen LogP contribution in [0.3, 0.4) is 0 Å². The first-order chi connectivity index (χ1) is 36.2. The maximum Gasteiger partial charge on any atom is 0.434 e. The summed E-state index contributed by atoms with van der Waals surface area (Å²) in [7, 11) is -2.53. The van der Waals surface area contributed by atoms with Gasteiger partial charge in [-0.15, -0.1) is 10.2 Å². The van der Waals surface area contributed by atoms with Gasteiger partial charge >= 0.3 is 12.2 Å². The number of carbonyl (C=O) groups excluding carboxylic acids is 1. The summed E-state index contributed by atoms with van der Waals surface area (Å²) in [6, 6.07) is 7.37. The van der Waals surface area contributed by atoms with Crippen LogP contribution in [-0.4, -0.2) is 124 Å². The minimum atomic E-state index is -4.61. The average molecular weight is 1090 g/mol. The molecular weight excluding hydrogens is 1040 g/mol. The van der Waals surface area contributed by atoms with Crippen LogP contribution in [0.4, 0.5) is 38.4 Å². The van der Waals surface area contributed by atoms with E-state index in [-0.39, 0.29) is 64.7 Å². The topological polar surface area (TPSA) is 220 Å². The van der Waals surface area contributed by atoms with E-state index in [1.54, 1.807) is 43.1 Å². The number of nitrogens with one attached hydrogen (secondary N) is 2. The Morgan fingerprint density at radius 2 is 1.68 bits per heavy atom. The van der Waals surface area contributed by atoms with Gasteiger partial charge in [-0.2, -0.15) is 18.2 Å². The zero-order valence-electron chi connectivity index (χ0n) is 42.3. The summed E-state index contributed by atoms with van der Waals surface area (Å²) in [6.45, 7) is 10.7. The van der Waals surface area contributed by atoms with E-state index in [4.69, 9.17) is 9.72 Å². The first kappa shape index (κ1) is 52.4. The number of hydrogen-bond donors (Lipinski definition) is 2. The van der Waals surface area contributed by atoms with Gasteiger partial charge in [-0.3, -0.25) is 4.40 Å². The molecule has 2 atom stereocenters. The molecule has 10 rings (SSSR count). The molecule has 2 saturated carbocycles. The molecule has 2 amide bonds. The molecule has 6 aromatic heterocycles. The van der Waals surface area contributed by atoms with E-state index in [2.05, 4.69) is 50.1 Å². The zero-order valence-corrected chi connectivity index (χ0v) is 44.0. The number of piperazine rings is 1. The molecule has 2 aliphatic carbocycles. The van der Waals surface area contributed by atoms with Crippen molar-refractivity contribution < 1.29 is 39.9 Å². The van der Waals surface area contributed by atoms with Crippen LogP contribution in [0.15, 0.2) is 66.5 Å². The van der Waals surface area contributed by atoms with Crippen LogP contribution in [0.25, 0.3) is 39.1 Å². The lowest BCUT2D eigenvalue weighted by atomic mass is 10.1. The first-order valence-corrected chi connectivity index (χ1v) is 27.1. The molecule has 7 heterocycles. The number of hydrogen-bond acceptors (Lipinski definition) is 16. The Labute approximate surface area is 438 Å². The number of anilines is 2. The molecule has 1 saturated heterocycles. The second kappa shape index (κ2) is 20.5. The molecule has 27 heteroatoms. The summed E-state index contributed by atoms with van der Waals surface area (Å²) < 4.78 is 108. The second-order valence-electron chi connectivity index (χ2n) is 20.0. The SMILES string of the molecule is COc1ncnc(C2CC2)c1-c1ncnc(N(CCCNC(=O)N2[C@@H](C)CN(c3cc(S(=O)(=O)NC4(C)CC4)cn4c(-c5nnc(C(F)F)s5)ncc34)C[C@@H]2C)Cc2ccc(-c3nc(C(F)(F)F)cn3C(C)C)cc2)n1. The Kier molecular flexibility index (Phi) is 14.2. The van der Waals surface area contributed by atoms with Crippen LogP contribution in [0.2, 0.25) is 0 Å². The molecule has 0 radical (unpaired) electrons. The third-order valence-electron chi connectivity index (χ3n) is 13.7. The highest BCUT2D eigenvalue weighted by atomic mass is 32.2. The van der Waals surface area contributed by atoms with Gasteiger partial charge in [-0.1, -0.05) is 35.6 Å². The number of fused-ring (bicyclic) bond motifs is 1. The number of ether oxygens (including phenoxy) is 1. The number of rotatable bonds is 18. The number of amides is 2. The minimum absolute atomic E-state index is 0.0461. The van der Waals surface area contributed by atoms with Gasteiger partial charge < -0.3 is 29.3 Å². The smallest absolute Gasteiger partial charge is 0.434 e. The number of sulfonamides is 1. The number of nitrogens with zero attached hydrogens (tertiary/aromatic N) is 14. The molecule has 7 aromatic rings. The Balaban J connectivity index is 0.867. The van der Waals surface area contributed by atoms with E-state index < -0.39 is 38.9 Å². The van der Waals surface area contributed by atoms with Crippen molar-refractivity contribution in [3.63, 3.8) is 0 Å². The maximum absolute atomic E-state index is 14.1. The second-order valence-corrected chi connectivity index (χ2v) is 22.7. The fraction of sp³-hybridized carbons (Fsp3) is 0.469. The fourth-order valence-electron chi connectivity index (χ4n) is 9.52. The molecule has 402 valence electrons. The van der Waals surface area contributed by atoms with E-state index in [0.717, 1.165) is 30.3 Å². The summed E-state index contributed by atoms with van der Waals surface area (Å²) in [6.07, 6.45) is 3.11. The van der Waals surface area contributed by atoms with Gasteiger partial charge in [-0.25, -0.2) is 56.6 Å². The molecule has 3 fully saturated rings. The van der Waals surface area contributed by atoms with Crippen LogP contribution in [0, 0.1) is 0 Å². The fourth-order valence-corrected chi connectivity index (χ4v) is 11.7. The molecule has 76 heavy (non-hydrogen) atoms. The van der Waals surface area contributed by atoms with Crippen molar-refractivity contribution in [1.82, 2.24) is 69.0 Å². The molecule has 0 unspecified atom stereocenters. The Hall–Kier alpha value is -7.00. The number of aromatic nitrogens is 11. The van der Waals surface area contributed by atoms with E-state index >= 15 is 0 Å². The number of benzene rings is 1. The van der Waals surface area contributed by atoms with Crippen molar-refractivity contribution in [3.8, 4) is 39.5 Å². The number of methoxy groups -OCH3 is 1. The first-order valence-electron chi connectivity index (χ1n) is 24.8. The van der Waals surface area contributed by atoms with Crippen LogP contribution in [-0.2, 0) is 22.7 Å². The van der Waals surface area contributed by atoms with E-state index in [1.165, 1.54) is 34.9 Å². The van der Waals surface area contributed by atoms with Crippen molar-refractivity contribution in [2.24, 2.45) is 0 Å². The van der Waals surface area contributed by atoms with Crippen molar-refractivity contribution in [2.75, 3.05) is 43.1 Å². The third kappa shape index (κ3) is 10.9. The lowest BCUT2D eigenvalue weighted by molar-refractivity contribution is -0.140. The van der Waals surface area contributed by atoms with Gasteiger partial charge in [0, 0.05) is 80.3 Å². The lowest BCUT2D eigenvalue weighted by Gasteiger charge is -2.45. The van der Waals surface area contributed by atoms with Gasteiger partial charge in [0.1, 0.15) is 28.9 Å². The van der Waals surface area contributed by atoms with Crippen LogP contribution < -0.4 is 24.6 Å². The molecule has 0 spiro atoms. The van der Waals surface area contributed by atoms with Gasteiger partial charge in [0.15, 0.2) is 27.4 Å². The highest BCUT2D eigenvalue weighted by Crippen LogP contribution is 2.45. The Bertz CT molecular complexity index is 3370. The number of carbonyl (C=O) groups is 1. The van der Waals surface area contributed by atoms with Gasteiger partial charge in [0.05, 0.1) is 30.2 Å². The maximum atomic E-state index is 14.1. The van der Waals surface area contributed by atoms with Crippen molar-refractivity contribution in [1.29, 1.82) is 0 Å². The standard InChI is InChI=1S/C49H55F5N16O4S2/c1-27(2)68-24-36(49(52,53)54)61-41(68)32-10-8-30(9-11-32)22-66(46-60-26-58-40(62-46)37-38(31-12-13-31)57-25-59-43(37)74-6)17-7-16-55-47(71)70-28(3)20-67(21-29(70)4)34-18-33(76(72,73)65-48(5)14-15-48)23-69-35(34)19-56-42(69)45-64-63-44(75-45)39(50)51/h8-11,18-19,23-29,31,39,65H,7,12-17,20-22H2,1-6H3,(H,55,71)/t28-,29-/m0/s1. The third-order valence-corrected chi connectivity index (χ3v) is 16.2. The molecular formula is C49H55F5N16O4S2. The Morgan fingerprint density at radius 1 is 0.961 bits per heavy atom. The van der Waals surface area contributed by atoms with Crippen molar-refractivity contribution >= 4 is 44.5 Å². The molecule has 0 bridgehead atoms. The van der Waals surface area contributed by atoms with Crippen LogP contribution >= 0.6 is 11.3 Å². The van der Waals surface area contributed by atoms with Crippen molar-refractivity contribution in [3.05, 3.63) is 83.5 Å². The van der Waals surface area contributed by atoms with E-state index in [1.807, 2.05) is 42.7 Å². The highest BCUT2D eigenvalue weighted by Gasteiger charge is 2.42. The minimum Gasteiger partial charge on any atom is -0.480 e.